The molecule has 28 heavy (non-hydrogen) atoms. The van der Waals surface area contributed by atoms with Crippen LogP contribution in [0.4, 0.5) is 0 Å². The number of aromatic hydroxyl groups is 1. The summed E-state index contributed by atoms with van der Waals surface area (Å²) in [6.07, 6.45) is 3.50. The molecular formula is C19H21NO7S. The predicted octanol–water partition coefficient (Wildman–Crippen LogP) is 1.40. The lowest BCUT2D eigenvalue weighted by molar-refractivity contribution is -0.152. The summed E-state index contributed by atoms with van der Waals surface area (Å²) in [5.74, 6) is -0.775. The number of esters is 1. The van der Waals surface area contributed by atoms with Crippen molar-refractivity contribution < 1.29 is 32.3 Å². The van der Waals surface area contributed by atoms with Crippen LogP contribution in [-0.4, -0.2) is 60.5 Å². The Morgan fingerprint density at radius 2 is 2.00 bits per heavy atom. The van der Waals surface area contributed by atoms with Crippen molar-refractivity contribution in [2.24, 2.45) is 0 Å². The van der Waals surface area contributed by atoms with Gasteiger partial charge in [0.05, 0.1) is 24.2 Å². The van der Waals surface area contributed by atoms with Gasteiger partial charge in [0.15, 0.2) is 16.4 Å². The predicted molar refractivity (Wildman–Crippen MR) is 99.5 cm³/mol. The van der Waals surface area contributed by atoms with E-state index in [1.165, 1.54) is 18.4 Å². The summed E-state index contributed by atoms with van der Waals surface area (Å²) in [6, 6.07) is 4.33. The molecule has 1 saturated carbocycles. The monoisotopic (exact) mass is 407 g/mol. The van der Waals surface area contributed by atoms with E-state index in [1.807, 2.05) is 0 Å². The number of nitrogens with zero attached hydrogens (tertiary/aromatic N) is 1. The van der Waals surface area contributed by atoms with Crippen LogP contribution in [0.2, 0.25) is 0 Å². The van der Waals surface area contributed by atoms with Gasteiger partial charge in [0, 0.05) is 29.1 Å². The van der Waals surface area contributed by atoms with Crippen LogP contribution in [0.25, 0.3) is 11.0 Å². The maximum Gasteiger partial charge on any atom is 0.310 e. The fourth-order valence-electron chi connectivity index (χ4n) is 3.68. The number of furan rings is 1. The molecule has 1 aromatic heterocycles. The second kappa shape index (κ2) is 7.12. The molecule has 150 valence electrons. The Morgan fingerprint density at radius 1 is 1.21 bits per heavy atom. The molecule has 1 aliphatic heterocycles. The van der Waals surface area contributed by atoms with Crippen molar-refractivity contribution in [3.63, 3.8) is 0 Å². The highest BCUT2D eigenvalue weighted by molar-refractivity contribution is 7.91. The van der Waals surface area contributed by atoms with Gasteiger partial charge in [-0.15, -0.1) is 0 Å². The standard InChI is InChI=1S/C19H21NO7S/c21-15-3-4-16-12(9-26-17(16)8-15)7-19(23)27-10-18(22)20(13-1-2-13)14-5-6-28(24,25)11-14/h3-4,8-9,13-14,21H,1-2,5-7,10-11H2/t14-/m1/s1. The molecule has 0 spiro atoms. The van der Waals surface area contributed by atoms with Crippen LogP contribution in [0.1, 0.15) is 24.8 Å². The van der Waals surface area contributed by atoms with Gasteiger partial charge in [0.25, 0.3) is 5.91 Å². The molecule has 0 bridgehead atoms. The normalized spacial score (nSPS) is 20.9. The first-order valence-corrected chi connectivity index (χ1v) is 11.0. The first-order chi connectivity index (χ1) is 13.3. The quantitative estimate of drug-likeness (QED) is 0.720. The molecule has 2 fully saturated rings. The Morgan fingerprint density at radius 3 is 2.68 bits per heavy atom. The molecule has 0 radical (unpaired) electrons. The van der Waals surface area contributed by atoms with Crippen LogP contribution in [0, 0.1) is 0 Å². The maximum atomic E-state index is 12.6. The van der Waals surface area contributed by atoms with Gasteiger partial charge in [-0.1, -0.05) is 0 Å². The lowest BCUT2D eigenvalue weighted by Gasteiger charge is -2.28. The third-order valence-corrected chi connectivity index (χ3v) is 6.91. The van der Waals surface area contributed by atoms with Gasteiger partial charge in [-0.3, -0.25) is 9.59 Å². The first-order valence-electron chi connectivity index (χ1n) is 9.19. The topological polar surface area (TPSA) is 114 Å². The summed E-state index contributed by atoms with van der Waals surface area (Å²) in [5, 5.41) is 10.2. The molecule has 0 unspecified atom stereocenters. The number of hydrogen-bond donors (Lipinski definition) is 1. The highest BCUT2D eigenvalue weighted by Crippen LogP contribution is 2.32. The number of benzene rings is 1. The van der Waals surface area contributed by atoms with E-state index in [9.17, 15) is 23.1 Å². The number of carbonyl (C=O) groups is 2. The maximum absolute atomic E-state index is 12.6. The van der Waals surface area contributed by atoms with Gasteiger partial charge in [-0.2, -0.15) is 0 Å². The second-order valence-corrected chi connectivity index (χ2v) is 9.60. The summed E-state index contributed by atoms with van der Waals surface area (Å²) < 4.78 is 33.9. The number of carbonyl (C=O) groups excluding carboxylic acids is 2. The van der Waals surface area contributed by atoms with E-state index in [-0.39, 0.29) is 41.7 Å². The van der Waals surface area contributed by atoms with Crippen molar-refractivity contribution in [1.82, 2.24) is 4.90 Å². The van der Waals surface area contributed by atoms with Crippen molar-refractivity contribution in [2.45, 2.75) is 37.8 Å². The largest absolute Gasteiger partial charge is 0.508 e. The molecule has 1 atom stereocenters. The van der Waals surface area contributed by atoms with Crippen LogP contribution < -0.4 is 0 Å². The van der Waals surface area contributed by atoms with Gasteiger partial charge in [0.2, 0.25) is 0 Å². The van der Waals surface area contributed by atoms with Crippen LogP contribution in [0.3, 0.4) is 0 Å². The minimum Gasteiger partial charge on any atom is -0.508 e. The number of ether oxygens (including phenoxy) is 1. The van der Waals surface area contributed by atoms with Gasteiger partial charge in [-0.25, -0.2) is 8.42 Å². The number of phenols is 1. The Balaban J connectivity index is 1.36. The van der Waals surface area contributed by atoms with Gasteiger partial charge >= 0.3 is 5.97 Å². The molecule has 9 heteroatoms. The molecule has 1 N–H and O–H groups in total. The average Bonchev–Trinajstić information content (AvgIpc) is 3.29. The van der Waals surface area contributed by atoms with E-state index in [0.717, 1.165) is 12.8 Å². The van der Waals surface area contributed by atoms with Crippen LogP contribution in [0.5, 0.6) is 5.75 Å². The lowest BCUT2D eigenvalue weighted by atomic mass is 10.1. The van der Waals surface area contributed by atoms with Crippen molar-refractivity contribution in [3.8, 4) is 5.75 Å². The van der Waals surface area contributed by atoms with Crippen LogP contribution >= 0.6 is 0 Å². The summed E-state index contributed by atoms with van der Waals surface area (Å²) in [5.41, 5.74) is 1.06. The number of phenolic OH excluding ortho intramolecular Hbond substituents is 1. The van der Waals surface area contributed by atoms with E-state index in [2.05, 4.69) is 0 Å². The van der Waals surface area contributed by atoms with Gasteiger partial charge < -0.3 is 19.2 Å². The van der Waals surface area contributed by atoms with E-state index in [4.69, 9.17) is 9.15 Å². The molecule has 2 aliphatic rings. The molecule has 1 saturated heterocycles. The van der Waals surface area contributed by atoms with Crippen molar-refractivity contribution >= 4 is 32.7 Å². The van der Waals surface area contributed by atoms with Crippen LogP contribution in [-0.2, 0) is 30.6 Å². The minimum atomic E-state index is -3.10. The number of amides is 1. The molecule has 2 aromatic rings. The number of fused-ring (bicyclic) bond motifs is 1. The summed E-state index contributed by atoms with van der Waals surface area (Å²) in [4.78, 5) is 26.4. The number of rotatable bonds is 6. The van der Waals surface area contributed by atoms with Crippen molar-refractivity contribution in [2.75, 3.05) is 18.1 Å². The Kier molecular flexibility index (Phi) is 4.78. The molecule has 4 rings (SSSR count). The molecule has 8 nitrogen and oxygen atoms in total. The molecule has 2 heterocycles. The zero-order valence-electron chi connectivity index (χ0n) is 15.2. The average molecular weight is 407 g/mol. The fourth-order valence-corrected chi connectivity index (χ4v) is 5.40. The SMILES string of the molecule is O=C(Cc1coc2cc(O)ccc12)OCC(=O)N(C1CC1)[C@@H]1CCS(=O)(=O)C1. The Hall–Kier alpha value is -2.55. The summed E-state index contributed by atoms with van der Waals surface area (Å²) in [7, 11) is -3.10. The molecule has 1 amide bonds. The van der Waals surface area contributed by atoms with E-state index in [1.54, 1.807) is 11.0 Å². The molecule has 1 aliphatic carbocycles. The number of sulfone groups is 1. The Labute approximate surface area is 162 Å². The lowest BCUT2D eigenvalue weighted by Crippen LogP contribution is -2.44. The second-order valence-electron chi connectivity index (χ2n) is 7.37. The summed E-state index contributed by atoms with van der Waals surface area (Å²) in [6.45, 7) is -0.400. The fraction of sp³-hybridized carbons (Fsp3) is 0.474. The third-order valence-electron chi connectivity index (χ3n) is 5.16. The first kappa shape index (κ1) is 18.8. The van der Waals surface area contributed by atoms with Gasteiger partial charge in [0.1, 0.15) is 11.3 Å². The zero-order chi connectivity index (χ0) is 19.9. The number of hydrogen-bond acceptors (Lipinski definition) is 7. The van der Waals surface area contributed by atoms with Crippen molar-refractivity contribution in [1.29, 1.82) is 0 Å². The molecule has 1 aromatic carbocycles. The van der Waals surface area contributed by atoms with E-state index < -0.39 is 22.4 Å². The zero-order valence-corrected chi connectivity index (χ0v) is 16.0. The van der Waals surface area contributed by atoms with E-state index in [0.29, 0.717) is 23.0 Å². The minimum absolute atomic E-state index is 0.0168. The highest BCUT2D eigenvalue weighted by atomic mass is 32.2. The van der Waals surface area contributed by atoms with Gasteiger partial charge in [-0.05, 0) is 31.4 Å². The van der Waals surface area contributed by atoms with Crippen molar-refractivity contribution in [3.05, 3.63) is 30.0 Å². The Bertz CT molecular complexity index is 1020. The molecular weight excluding hydrogens is 386 g/mol. The van der Waals surface area contributed by atoms with Crippen LogP contribution in [0.15, 0.2) is 28.9 Å². The smallest absolute Gasteiger partial charge is 0.310 e. The third kappa shape index (κ3) is 3.99. The van der Waals surface area contributed by atoms with E-state index >= 15 is 0 Å². The highest BCUT2D eigenvalue weighted by Gasteiger charge is 2.42. The summed E-state index contributed by atoms with van der Waals surface area (Å²) >= 11 is 0.